The van der Waals surface area contributed by atoms with Gasteiger partial charge in [-0.15, -0.1) is 10.2 Å². The van der Waals surface area contributed by atoms with E-state index in [2.05, 4.69) is 10.2 Å². The van der Waals surface area contributed by atoms with Crippen molar-refractivity contribution in [2.45, 2.75) is 31.4 Å². The monoisotopic (exact) mass is 358 g/mol. The third-order valence-corrected chi connectivity index (χ3v) is 4.80. The van der Waals surface area contributed by atoms with E-state index in [0.29, 0.717) is 22.3 Å². The molecular weight excluding hydrogens is 339 g/mol. The topological polar surface area (TPSA) is 66.0 Å². The van der Waals surface area contributed by atoms with Gasteiger partial charge in [-0.2, -0.15) is 0 Å². The van der Waals surface area contributed by atoms with Gasteiger partial charge in [-0.25, -0.2) is 9.07 Å². The molecule has 0 unspecified atom stereocenters. The normalized spacial score (nSPS) is 10.8. The number of aromatic nitrogens is 3. The minimum absolute atomic E-state index is 0.218. The highest BCUT2D eigenvalue weighted by Crippen LogP contribution is 2.25. The van der Waals surface area contributed by atoms with Crippen LogP contribution in [-0.2, 0) is 12.4 Å². The van der Waals surface area contributed by atoms with Crippen molar-refractivity contribution in [1.82, 2.24) is 14.9 Å². The summed E-state index contributed by atoms with van der Waals surface area (Å²) >= 11 is 1.33. The Balaban J connectivity index is 1.66. The Hall–Kier alpha value is -2.54. The predicted octanol–water partition coefficient (Wildman–Crippen LogP) is 3.62. The number of nitrogen functional groups attached to an aromatic ring is 1. The van der Waals surface area contributed by atoms with Crippen molar-refractivity contribution in [2.24, 2.45) is 0 Å². The number of rotatable bonds is 6. The maximum Gasteiger partial charge on any atom is 0.210 e. The SMILES string of the molecule is Cc1cccc(C)c1OCc1nnc(SCc2ccccc2F)n1N. The van der Waals surface area contributed by atoms with Gasteiger partial charge in [-0.3, -0.25) is 0 Å². The van der Waals surface area contributed by atoms with Crippen LogP contribution < -0.4 is 10.6 Å². The molecule has 0 saturated heterocycles. The highest BCUT2D eigenvalue weighted by Gasteiger charge is 2.13. The Morgan fingerprint density at radius 1 is 1.08 bits per heavy atom. The van der Waals surface area contributed by atoms with Crippen molar-refractivity contribution < 1.29 is 9.13 Å². The van der Waals surface area contributed by atoms with Crippen LogP contribution in [0.1, 0.15) is 22.5 Å². The van der Waals surface area contributed by atoms with Gasteiger partial charge in [0.05, 0.1) is 0 Å². The highest BCUT2D eigenvalue weighted by atomic mass is 32.2. The number of nitrogens with two attached hydrogens (primary N) is 1. The molecule has 3 aromatic rings. The molecular formula is C18H19FN4OS. The summed E-state index contributed by atoms with van der Waals surface area (Å²) < 4.78 is 20.9. The van der Waals surface area contributed by atoms with Gasteiger partial charge in [0.25, 0.3) is 0 Å². The van der Waals surface area contributed by atoms with Crippen LogP contribution in [0.3, 0.4) is 0 Å². The van der Waals surface area contributed by atoms with Crippen molar-refractivity contribution >= 4 is 11.8 Å². The summed E-state index contributed by atoms with van der Waals surface area (Å²) in [4.78, 5) is 0. The number of halogens is 1. The Kier molecular flexibility index (Phi) is 5.23. The molecule has 2 N–H and O–H groups in total. The molecule has 0 radical (unpaired) electrons. The maximum atomic E-state index is 13.7. The molecule has 0 atom stereocenters. The summed E-state index contributed by atoms with van der Waals surface area (Å²) in [5.41, 5.74) is 2.71. The lowest BCUT2D eigenvalue weighted by Gasteiger charge is -2.11. The zero-order valence-electron chi connectivity index (χ0n) is 14.1. The molecule has 0 aliphatic carbocycles. The molecule has 25 heavy (non-hydrogen) atoms. The molecule has 2 aromatic carbocycles. The van der Waals surface area contributed by atoms with E-state index < -0.39 is 0 Å². The van der Waals surface area contributed by atoms with Gasteiger partial charge < -0.3 is 10.6 Å². The van der Waals surface area contributed by atoms with Crippen molar-refractivity contribution in [3.05, 3.63) is 70.8 Å². The average Bonchev–Trinajstić information content (AvgIpc) is 2.94. The molecule has 0 spiro atoms. The van der Waals surface area contributed by atoms with Gasteiger partial charge in [-0.05, 0) is 36.6 Å². The molecule has 0 aliphatic heterocycles. The van der Waals surface area contributed by atoms with E-state index in [9.17, 15) is 4.39 Å². The molecule has 0 fully saturated rings. The number of hydrogen-bond donors (Lipinski definition) is 1. The first kappa shape index (κ1) is 17.3. The zero-order chi connectivity index (χ0) is 17.8. The number of benzene rings is 2. The largest absolute Gasteiger partial charge is 0.485 e. The minimum Gasteiger partial charge on any atom is -0.485 e. The lowest BCUT2D eigenvalue weighted by molar-refractivity contribution is 0.288. The molecule has 0 bridgehead atoms. The van der Waals surface area contributed by atoms with Gasteiger partial charge >= 0.3 is 0 Å². The van der Waals surface area contributed by atoms with Gasteiger partial charge in [0.2, 0.25) is 5.16 Å². The van der Waals surface area contributed by atoms with Gasteiger partial charge in [0, 0.05) is 5.75 Å². The number of thioether (sulfide) groups is 1. The summed E-state index contributed by atoms with van der Waals surface area (Å²) in [7, 11) is 0. The van der Waals surface area contributed by atoms with E-state index in [1.54, 1.807) is 18.2 Å². The van der Waals surface area contributed by atoms with Gasteiger partial charge in [-0.1, -0.05) is 48.2 Å². The summed E-state index contributed by atoms with van der Waals surface area (Å²) in [6, 6.07) is 12.6. The number of hydrogen-bond acceptors (Lipinski definition) is 5. The van der Waals surface area contributed by atoms with Gasteiger partial charge in [0.15, 0.2) is 5.82 Å². The van der Waals surface area contributed by atoms with Crippen LogP contribution >= 0.6 is 11.8 Å². The predicted molar refractivity (Wildman–Crippen MR) is 96.4 cm³/mol. The van der Waals surface area contributed by atoms with Crippen LogP contribution in [0.25, 0.3) is 0 Å². The summed E-state index contributed by atoms with van der Waals surface area (Å²) in [5, 5.41) is 8.66. The average molecular weight is 358 g/mol. The lowest BCUT2D eigenvalue weighted by Crippen LogP contribution is -2.16. The molecule has 0 amide bonds. The van der Waals surface area contributed by atoms with E-state index in [1.807, 2.05) is 32.0 Å². The fraction of sp³-hybridized carbons (Fsp3) is 0.222. The first-order chi connectivity index (χ1) is 12.1. The second-order valence-corrected chi connectivity index (χ2v) is 6.60. The van der Waals surface area contributed by atoms with E-state index in [1.165, 1.54) is 22.5 Å². The van der Waals surface area contributed by atoms with Crippen molar-refractivity contribution in [3.8, 4) is 5.75 Å². The van der Waals surface area contributed by atoms with Crippen molar-refractivity contribution in [2.75, 3.05) is 5.84 Å². The van der Waals surface area contributed by atoms with E-state index in [0.717, 1.165) is 16.9 Å². The smallest absolute Gasteiger partial charge is 0.210 e. The van der Waals surface area contributed by atoms with Crippen LogP contribution in [0.2, 0.25) is 0 Å². The second kappa shape index (κ2) is 7.57. The summed E-state index contributed by atoms with van der Waals surface area (Å²) in [6.07, 6.45) is 0. The molecule has 7 heteroatoms. The zero-order valence-corrected chi connectivity index (χ0v) is 14.9. The molecule has 0 saturated carbocycles. The molecule has 1 heterocycles. The second-order valence-electron chi connectivity index (χ2n) is 5.66. The Morgan fingerprint density at radius 3 is 2.52 bits per heavy atom. The Labute approximate surface area is 150 Å². The Morgan fingerprint density at radius 2 is 1.80 bits per heavy atom. The number of ether oxygens (including phenoxy) is 1. The molecule has 5 nitrogen and oxygen atoms in total. The third kappa shape index (κ3) is 3.93. The lowest BCUT2D eigenvalue weighted by atomic mass is 10.1. The van der Waals surface area contributed by atoms with E-state index in [-0.39, 0.29) is 12.4 Å². The van der Waals surface area contributed by atoms with Crippen LogP contribution in [0, 0.1) is 19.7 Å². The molecule has 0 aliphatic rings. The van der Waals surface area contributed by atoms with Crippen molar-refractivity contribution in [1.29, 1.82) is 0 Å². The highest BCUT2D eigenvalue weighted by molar-refractivity contribution is 7.98. The van der Waals surface area contributed by atoms with Crippen LogP contribution in [0.4, 0.5) is 4.39 Å². The molecule has 1 aromatic heterocycles. The summed E-state index contributed by atoms with van der Waals surface area (Å²) in [5.74, 6) is 7.57. The van der Waals surface area contributed by atoms with Crippen LogP contribution in [-0.4, -0.2) is 14.9 Å². The van der Waals surface area contributed by atoms with Crippen LogP contribution in [0.15, 0.2) is 47.6 Å². The fourth-order valence-electron chi connectivity index (χ4n) is 2.43. The van der Waals surface area contributed by atoms with Crippen LogP contribution in [0.5, 0.6) is 5.75 Å². The molecule has 3 rings (SSSR count). The maximum absolute atomic E-state index is 13.7. The number of aryl methyl sites for hydroxylation is 2. The van der Waals surface area contributed by atoms with Gasteiger partial charge in [0.1, 0.15) is 18.2 Å². The standard InChI is InChI=1S/C18H19FN4OS/c1-12-6-5-7-13(2)17(12)24-10-16-21-22-18(23(16)20)25-11-14-8-3-4-9-15(14)19/h3-9H,10-11,20H2,1-2H3. The third-order valence-electron chi connectivity index (χ3n) is 3.80. The molecule has 130 valence electrons. The quantitative estimate of drug-likeness (QED) is 0.538. The van der Waals surface area contributed by atoms with Crippen molar-refractivity contribution in [3.63, 3.8) is 0 Å². The Bertz CT molecular complexity index is 861. The minimum atomic E-state index is -0.239. The first-order valence-corrected chi connectivity index (χ1v) is 8.79. The van der Waals surface area contributed by atoms with E-state index in [4.69, 9.17) is 10.6 Å². The summed E-state index contributed by atoms with van der Waals surface area (Å²) in [6.45, 7) is 4.20. The first-order valence-electron chi connectivity index (χ1n) is 7.81. The fourth-order valence-corrected chi connectivity index (χ4v) is 3.29. The van der Waals surface area contributed by atoms with E-state index >= 15 is 0 Å². The number of para-hydroxylation sites is 1. The number of nitrogens with zero attached hydrogens (tertiary/aromatic N) is 3.